The van der Waals surface area contributed by atoms with Crippen molar-refractivity contribution >= 4 is 5.82 Å². The summed E-state index contributed by atoms with van der Waals surface area (Å²) >= 11 is 0. The molecule has 0 aliphatic carbocycles. The third kappa shape index (κ3) is 0.781. The predicted molar refractivity (Wildman–Crippen MR) is 39.9 cm³/mol. The van der Waals surface area contributed by atoms with Crippen LogP contribution in [0.3, 0.4) is 0 Å². The van der Waals surface area contributed by atoms with Crippen molar-refractivity contribution in [1.82, 2.24) is 9.78 Å². The monoisotopic (exact) mass is 137 g/mol. The van der Waals surface area contributed by atoms with E-state index < -0.39 is 0 Å². The van der Waals surface area contributed by atoms with E-state index in [9.17, 15) is 0 Å². The van der Waals surface area contributed by atoms with Gasteiger partial charge in [0.05, 0.1) is 6.20 Å². The normalized spacial score (nSPS) is 23.5. The summed E-state index contributed by atoms with van der Waals surface area (Å²) in [5.41, 5.74) is 0. The Hall–Kier alpha value is -0.990. The van der Waals surface area contributed by atoms with Crippen molar-refractivity contribution in [3.8, 4) is 0 Å². The van der Waals surface area contributed by atoms with Crippen LogP contribution in [0.4, 0.5) is 5.82 Å². The molecule has 0 saturated carbocycles. The Labute approximate surface area is 60.0 Å². The molecule has 54 valence electrons. The summed E-state index contributed by atoms with van der Waals surface area (Å²) in [5.74, 6) is 1.85. The van der Waals surface area contributed by atoms with Crippen molar-refractivity contribution in [2.45, 2.75) is 13.5 Å². The van der Waals surface area contributed by atoms with Crippen LogP contribution in [0.25, 0.3) is 0 Å². The number of nitrogens with one attached hydrogen (secondary N) is 1. The molecule has 10 heavy (non-hydrogen) atoms. The van der Waals surface area contributed by atoms with E-state index in [0.717, 1.165) is 18.9 Å². The summed E-state index contributed by atoms with van der Waals surface area (Å²) in [5, 5.41) is 7.45. The molecule has 3 nitrogen and oxygen atoms in total. The van der Waals surface area contributed by atoms with Gasteiger partial charge >= 0.3 is 0 Å². The van der Waals surface area contributed by atoms with Gasteiger partial charge in [0.1, 0.15) is 5.82 Å². The number of hydrogen-bond donors (Lipinski definition) is 1. The lowest BCUT2D eigenvalue weighted by atomic mass is 10.1. The van der Waals surface area contributed by atoms with Crippen LogP contribution in [0.15, 0.2) is 12.3 Å². The largest absolute Gasteiger partial charge is 0.370 e. The second-order valence-corrected chi connectivity index (χ2v) is 2.88. The van der Waals surface area contributed by atoms with Crippen molar-refractivity contribution in [2.24, 2.45) is 5.92 Å². The number of rotatable bonds is 0. The molecule has 2 heterocycles. The standard InChI is InChI=1S/C7H11N3/c1-6-4-8-7-2-3-9-10(7)5-6/h2-3,6,8H,4-5H2,1H3/t6-/m1/s1. The number of anilines is 1. The molecule has 0 fully saturated rings. The smallest absolute Gasteiger partial charge is 0.124 e. The average molecular weight is 137 g/mol. The molecule has 0 aromatic carbocycles. The SMILES string of the molecule is C[C@@H]1CNc2ccnn2C1. The second kappa shape index (κ2) is 2.01. The quantitative estimate of drug-likeness (QED) is 0.577. The summed E-state index contributed by atoms with van der Waals surface area (Å²) in [6, 6.07) is 2.01. The van der Waals surface area contributed by atoms with E-state index >= 15 is 0 Å². The van der Waals surface area contributed by atoms with E-state index in [-0.39, 0.29) is 0 Å². The van der Waals surface area contributed by atoms with E-state index in [1.54, 1.807) is 0 Å². The first-order chi connectivity index (χ1) is 4.86. The molecular weight excluding hydrogens is 126 g/mol. The highest BCUT2D eigenvalue weighted by Crippen LogP contribution is 2.14. The Morgan fingerprint density at radius 2 is 2.70 bits per heavy atom. The number of nitrogens with zero attached hydrogens (tertiary/aromatic N) is 2. The van der Waals surface area contributed by atoms with Gasteiger partial charge in [0.15, 0.2) is 0 Å². The lowest BCUT2D eigenvalue weighted by molar-refractivity contribution is 0.445. The van der Waals surface area contributed by atoms with Gasteiger partial charge in [-0.25, -0.2) is 4.68 Å². The highest BCUT2D eigenvalue weighted by molar-refractivity contribution is 5.35. The third-order valence-electron chi connectivity index (χ3n) is 1.83. The molecule has 0 unspecified atom stereocenters. The molecule has 0 bridgehead atoms. The highest BCUT2D eigenvalue weighted by atomic mass is 15.3. The third-order valence-corrected chi connectivity index (χ3v) is 1.83. The van der Waals surface area contributed by atoms with Crippen LogP contribution in [0.2, 0.25) is 0 Å². The summed E-state index contributed by atoms with van der Waals surface area (Å²) in [6.07, 6.45) is 1.83. The maximum atomic E-state index is 4.16. The van der Waals surface area contributed by atoms with E-state index in [4.69, 9.17) is 0 Å². The molecule has 0 amide bonds. The van der Waals surface area contributed by atoms with Gasteiger partial charge < -0.3 is 5.32 Å². The first kappa shape index (κ1) is 5.77. The van der Waals surface area contributed by atoms with E-state index in [1.165, 1.54) is 0 Å². The number of hydrogen-bond acceptors (Lipinski definition) is 2. The zero-order valence-corrected chi connectivity index (χ0v) is 6.04. The van der Waals surface area contributed by atoms with Crippen LogP contribution in [0, 0.1) is 5.92 Å². The van der Waals surface area contributed by atoms with Crippen molar-refractivity contribution < 1.29 is 0 Å². The van der Waals surface area contributed by atoms with Crippen molar-refractivity contribution in [2.75, 3.05) is 11.9 Å². The predicted octanol–water partition coefficient (Wildman–Crippen LogP) is 0.945. The van der Waals surface area contributed by atoms with Gasteiger partial charge in [0.2, 0.25) is 0 Å². The zero-order valence-electron chi connectivity index (χ0n) is 6.04. The molecule has 1 aliphatic heterocycles. The molecule has 2 rings (SSSR count). The maximum Gasteiger partial charge on any atom is 0.124 e. The second-order valence-electron chi connectivity index (χ2n) is 2.88. The minimum Gasteiger partial charge on any atom is -0.370 e. The topological polar surface area (TPSA) is 29.9 Å². The van der Waals surface area contributed by atoms with Crippen molar-refractivity contribution in [3.63, 3.8) is 0 Å². The van der Waals surface area contributed by atoms with Crippen LogP contribution in [0.5, 0.6) is 0 Å². The molecule has 1 aromatic heterocycles. The van der Waals surface area contributed by atoms with Crippen LogP contribution in [-0.2, 0) is 6.54 Å². The van der Waals surface area contributed by atoms with E-state index in [2.05, 4.69) is 17.3 Å². The summed E-state index contributed by atoms with van der Waals surface area (Å²) < 4.78 is 2.01. The minimum absolute atomic E-state index is 0.701. The molecule has 0 spiro atoms. The number of aromatic nitrogens is 2. The van der Waals surface area contributed by atoms with Crippen LogP contribution < -0.4 is 5.32 Å². The average Bonchev–Trinajstić information content (AvgIpc) is 2.33. The minimum atomic E-state index is 0.701. The van der Waals surface area contributed by atoms with Crippen LogP contribution in [0.1, 0.15) is 6.92 Å². The lowest BCUT2D eigenvalue weighted by Crippen LogP contribution is -2.25. The summed E-state index contributed by atoms with van der Waals surface area (Å²) in [7, 11) is 0. The van der Waals surface area contributed by atoms with Gasteiger partial charge in [0, 0.05) is 19.2 Å². The molecule has 0 radical (unpaired) electrons. The first-order valence-corrected chi connectivity index (χ1v) is 3.62. The van der Waals surface area contributed by atoms with E-state index in [1.807, 2.05) is 16.9 Å². The Balaban J connectivity index is 2.30. The van der Waals surface area contributed by atoms with Gasteiger partial charge in [-0.05, 0) is 5.92 Å². The molecule has 1 aromatic rings. The molecular formula is C7H11N3. The molecule has 3 heteroatoms. The summed E-state index contributed by atoms with van der Waals surface area (Å²) in [4.78, 5) is 0. The Kier molecular flexibility index (Phi) is 1.16. The van der Waals surface area contributed by atoms with E-state index in [0.29, 0.717) is 5.92 Å². The zero-order chi connectivity index (χ0) is 6.97. The van der Waals surface area contributed by atoms with Gasteiger partial charge in [-0.1, -0.05) is 6.92 Å². The van der Waals surface area contributed by atoms with Crippen molar-refractivity contribution in [1.29, 1.82) is 0 Å². The molecule has 0 saturated heterocycles. The molecule has 1 atom stereocenters. The highest BCUT2D eigenvalue weighted by Gasteiger charge is 2.12. The van der Waals surface area contributed by atoms with Gasteiger partial charge in [-0.15, -0.1) is 0 Å². The first-order valence-electron chi connectivity index (χ1n) is 3.62. The number of fused-ring (bicyclic) bond motifs is 1. The van der Waals surface area contributed by atoms with Crippen LogP contribution >= 0.6 is 0 Å². The van der Waals surface area contributed by atoms with Crippen LogP contribution in [-0.4, -0.2) is 16.3 Å². The molecule has 1 N–H and O–H groups in total. The fourth-order valence-corrected chi connectivity index (χ4v) is 1.27. The Morgan fingerprint density at radius 1 is 1.80 bits per heavy atom. The van der Waals surface area contributed by atoms with Gasteiger partial charge in [-0.3, -0.25) is 0 Å². The lowest BCUT2D eigenvalue weighted by Gasteiger charge is -2.21. The fourth-order valence-electron chi connectivity index (χ4n) is 1.27. The molecule has 1 aliphatic rings. The van der Waals surface area contributed by atoms with Gasteiger partial charge in [-0.2, -0.15) is 5.10 Å². The van der Waals surface area contributed by atoms with Crippen molar-refractivity contribution in [3.05, 3.63) is 12.3 Å². The summed E-state index contributed by atoms with van der Waals surface area (Å²) in [6.45, 7) is 4.35. The Morgan fingerprint density at radius 3 is 3.60 bits per heavy atom. The maximum absolute atomic E-state index is 4.16. The Bertz CT molecular complexity index is 229. The van der Waals surface area contributed by atoms with Gasteiger partial charge in [0.25, 0.3) is 0 Å². The fraction of sp³-hybridized carbons (Fsp3) is 0.571.